The van der Waals surface area contributed by atoms with Gasteiger partial charge in [0.15, 0.2) is 5.65 Å². The fourth-order valence-corrected chi connectivity index (χ4v) is 7.41. The van der Waals surface area contributed by atoms with Gasteiger partial charge < -0.3 is 10.2 Å². The average Bonchev–Trinajstić information content (AvgIpc) is 3.54. The van der Waals surface area contributed by atoms with Gasteiger partial charge in [-0.3, -0.25) is 9.59 Å². The second kappa shape index (κ2) is 10.3. The number of thioether (sulfide) groups is 1. The number of nitrogens with one attached hydrogen (secondary N) is 2. The minimum absolute atomic E-state index is 0.00972. The fourth-order valence-electron chi connectivity index (χ4n) is 5.47. The molecular weight excluding hydrogens is 548 g/mol. The Labute approximate surface area is 236 Å². The minimum atomic E-state index is -3.78. The van der Waals surface area contributed by atoms with Gasteiger partial charge in [-0.05, 0) is 30.0 Å². The third-order valence-corrected chi connectivity index (χ3v) is 9.47. The van der Waals surface area contributed by atoms with Crippen LogP contribution in [0.4, 0.5) is 5.82 Å². The van der Waals surface area contributed by atoms with Crippen LogP contribution in [0.2, 0.25) is 0 Å². The van der Waals surface area contributed by atoms with Crippen molar-refractivity contribution in [2.24, 2.45) is 0 Å². The third-order valence-electron chi connectivity index (χ3n) is 7.55. The molecule has 0 radical (unpaired) electrons. The van der Waals surface area contributed by atoms with E-state index in [9.17, 15) is 18.0 Å². The number of aromatic nitrogens is 3. The van der Waals surface area contributed by atoms with Crippen molar-refractivity contribution in [1.29, 1.82) is 0 Å². The van der Waals surface area contributed by atoms with E-state index in [2.05, 4.69) is 39.7 Å². The van der Waals surface area contributed by atoms with Gasteiger partial charge in [-0.2, -0.15) is 9.61 Å². The smallest absolute Gasteiger partial charge is 0.270 e. The standard InChI is InChI=1S/C28H28N6O4S2/c1-40(37,38)32-26(35)20-17-31-34-24(20)30-16-21(25(34)29-15-19-7-3-2-4-8-19)27(36)33-13-11-28(12-14-33)18-39-23-10-6-5-9-22(23)28/h2-10,16-17,29H,11-15,18H2,1H3,(H,32,35). The molecular formula is C28H28N6O4S2. The van der Waals surface area contributed by atoms with Crippen LogP contribution in [0, 0.1) is 0 Å². The van der Waals surface area contributed by atoms with Crippen LogP contribution in [-0.4, -0.2) is 64.8 Å². The van der Waals surface area contributed by atoms with Crippen LogP contribution < -0.4 is 10.0 Å². The number of fused-ring (bicyclic) bond motifs is 3. The van der Waals surface area contributed by atoms with Crippen LogP contribution in [0.1, 0.15) is 44.7 Å². The topological polar surface area (TPSA) is 126 Å². The molecule has 4 heterocycles. The van der Waals surface area contributed by atoms with Crippen LogP contribution in [-0.2, 0) is 22.0 Å². The molecule has 2 aliphatic rings. The maximum Gasteiger partial charge on any atom is 0.270 e. The average molecular weight is 577 g/mol. The summed E-state index contributed by atoms with van der Waals surface area (Å²) in [5, 5.41) is 7.63. The number of piperidine rings is 1. The summed E-state index contributed by atoms with van der Waals surface area (Å²) >= 11 is 1.89. The van der Waals surface area contributed by atoms with E-state index in [0.717, 1.165) is 30.4 Å². The number of carbonyl (C=O) groups excluding carboxylic acids is 2. The second-order valence-corrected chi connectivity index (χ2v) is 13.0. The molecule has 1 saturated heterocycles. The summed E-state index contributed by atoms with van der Waals surface area (Å²) in [7, 11) is -3.78. The zero-order valence-corrected chi connectivity index (χ0v) is 23.5. The first-order chi connectivity index (χ1) is 19.2. The number of likely N-dealkylation sites (tertiary alicyclic amines) is 1. The Kier molecular flexibility index (Phi) is 6.75. The molecule has 6 rings (SSSR count). The predicted molar refractivity (Wildman–Crippen MR) is 153 cm³/mol. The van der Waals surface area contributed by atoms with Crippen molar-refractivity contribution in [2.75, 3.05) is 30.4 Å². The van der Waals surface area contributed by atoms with Crippen LogP contribution in [0.15, 0.2) is 71.9 Å². The Bertz CT molecular complexity index is 1710. The van der Waals surface area contributed by atoms with Crippen molar-refractivity contribution in [2.45, 2.75) is 29.7 Å². The number of anilines is 1. The molecule has 2 N–H and O–H groups in total. The Hall–Kier alpha value is -3.90. The van der Waals surface area contributed by atoms with Gasteiger partial charge in [0.1, 0.15) is 16.9 Å². The van der Waals surface area contributed by atoms with E-state index in [1.54, 1.807) is 0 Å². The van der Waals surface area contributed by atoms with E-state index < -0.39 is 15.9 Å². The van der Waals surface area contributed by atoms with Crippen molar-refractivity contribution in [3.05, 3.63) is 89.2 Å². The molecule has 0 unspecified atom stereocenters. The number of carbonyl (C=O) groups is 2. The maximum absolute atomic E-state index is 13.9. The van der Waals surface area contributed by atoms with Crippen LogP contribution in [0.25, 0.3) is 5.65 Å². The van der Waals surface area contributed by atoms with Gasteiger partial charge in [-0.15, -0.1) is 11.8 Å². The zero-order chi connectivity index (χ0) is 27.9. The molecule has 1 spiro atoms. The molecule has 2 aliphatic heterocycles. The van der Waals surface area contributed by atoms with E-state index >= 15 is 0 Å². The Morgan fingerprint density at radius 3 is 2.48 bits per heavy atom. The third kappa shape index (κ3) is 4.92. The molecule has 4 aromatic rings. The zero-order valence-electron chi connectivity index (χ0n) is 21.8. The van der Waals surface area contributed by atoms with Gasteiger partial charge in [-0.1, -0.05) is 48.5 Å². The lowest BCUT2D eigenvalue weighted by molar-refractivity contribution is 0.0678. The molecule has 0 saturated carbocycles. The van der Waals surface area contributed by atoms with Crippen LogP contribution in [0.3, 0.4) is 0 Å². The highest BCUT2D eigenvalue weighted by molar-refractivity contribution is 7.99. The number of hydrogen-bond acceptors (Lipinski definition) is 8. The van der Waals surface area contributed by atoms with Crippen molar-refractivity contribution in [3.8, 4) is 0 Å². The number of amides is 2. The lowest BCUT2D eigenvalue weighted by Gasteiger charge is -2.39. The van der Waals surface area contributed by atoms with E-state index in [1.165, 1.54) is 27.4 Å². The summed E-state index contributed by atoms with van der Waals surface area (Å²) in [6.07, 6.45) is 5.35. The molecule has 12 heteroatoms. The highest BCUT2D eigenvalue weighted by Crippen LogP contribution is 2.49. The molecule has 206 valence electrons. The molecule has 40 heavy (non-hydrogen) atoms. The Morgan fingerprint density at radius 1 is 1.00 bits per heavy atom. The summed E-state index contributed by atoms with van der Waals surface area (Å²) in [4.78, 5) is 34.1. The van der Waals surface area contributed by atoms with Gasteiger partial charge in [0.2, 0.25) is 10.0 Å². The second-order valence-electron chi connectivity index (χ2n) is 10.2. The van der Waals surface area contributed by atoms with Crippen LogP contribution >= 0.6 is 11.8 Å². The monoisotopic (exact) mass is 576 g/mol. The normalized spacial score (nSPS) is 16.2. The summed E-state index contributed by atoms with van der Waals surface area (Å²) in [6, 6.07) is 18.2. The minimum Gasteiger partial charge on any atom is -0.365 e. The molecule has 2 amide bonds. The fraction of sp³-hybridized carbons (Fsp3) is 0.286. The molecule has 0 aliphatic carbocycles. The van der Waals surface area contributed by atoms with Crippen molar-refractivity contribution in [1.82, 2.24) is 24.2 Å². The molecule has 0 bridgehead atoms. The van der Waals surface area contributed by atoms with Gasteiger partial charge in [0.05, 0.1) is 12.5 Å². The van der Waals surface area contributed by atoms with Gasteiger partial charge in [0.25, 0.3) is 11.8 Å². The first kappa shape index (κ1) is 26.3. The molecule has 1 fully saturated rings. The lowest BCUT2D eigenvalue weighted by Crippen LogP contribution is -2.45. The summed E-state index contributed by atoms with van der Waals surface area (Å²) in [5.74, 6) is 0.405. The van der Waals surface area contributed by atoms with E-state index in [4.69, 9.17) is 0 Å². The highest BCUT2D eigenvalue weighted by Gasteiger charge is 2.42. The summed E-state index contributed by atoms with van der Waals surface area (Å²) in [6.45, 7) is 1.64. The van der Waals surface area contributed by atoms with E-state index in [0.29, 0.717) is 31.0 Å². The van der Waals surface area contributed by atoms with Gasteiger partial charge >= 0.3 is 0 Å². The molecule has 2 aromatic carbocycles. The largest absolute Gasteiger partial charge is 0.365 e. The van der Waals surface area contributed by atoms with Crippen molar-refractivity contribution in [3.63, 3.8) is 0 Å². The number of benzene rings is 2. The predicted octanol–water partition coefficient (Wildman–Crippen LogP) is 3.31. The number of sulfonamides is 1. The SMILES string of the molecule is CS(=O)(=O)NC(=O)c1cnn2c(NCc3ccccc3)c(C(=O)N3CCC4(CC3)CSc3ccccc34)cnc12. The quantitative estimate of drug-likeness (QED) is 0.358. The Morgan fingerprint density at radius 2 is 1.73 bits per heavy atom. The molecule has 2 aromatic heterocycles. The summed E-state index contributed by atoms with van der Waals surface area (Å²) < 4.78 is 26.6. The van der Waals surface area contributed by atoms with E-state index in [-0.39, 0.29) is 22.5 Å². The van der Waals surface area contributed by atoms with Crippen molar-refractivity contribution >= 4 is 45.1 Å². The number of hydrogen-bond donors (Lipinski definition) is 2. The highest BCUT2D eigenvalue weighted by atomic mass is 32.2. The Balaban J connectivity index is 1.30. The van der Waals surface area contributed by atoms with Crippen LogP contribution in [0.5, 0.6) is 0 Å². The lowest BCUT2D eigenvalue weighted by atomic mass is 9.74. The van der Waals surface area contributed by atoms with Crippen molar-refractivity contribution < 1.29 is 18.0 Å². The van der Waals surface area contributed by atoms with Gasteiger partial charge in [-0.25, -0.2) is 18.1 Å². The first-order valence-corrected chi connectivity index (χ1v) is 15.8. The van der Waals surface area contributed by atoms with Gasteiger partial charge in [0, 0.05) is 41.9 Å². The summed E-state index contributed by atoms with van der Waals surface area (Å²) in [5.41, 5.74) is 2.93. The maximum atomic E-state index is 13.9. The number of rotatable bonds is 6. The first-order valence-electron chi connectivity index (χ1n) is 12.9. The van der Waals surface area contributed by atoms with E-state index in [1.807, 2.05) is 51.7 Å². The molecule has 0 atom stereocenters. The number of nitrogens with zero attached hydrogens (tertiary/aromatic N) is 4. The molecule has 10 nitrogen and oxygen atoms in total.